The van der Waals surface area contributed by atoms with Crippen molar-refractivity contribution in [3.63, 3.8) is 0 Å². The fraction of sp³-hybridized carbons (Fsp3) is 0.370. The SMILES string of the molecule is CC(NC(=O)C(O)c1ccc(C(C)(C)C)cc1)C(=O)Nc1cc(C(C)(C)c2cc(F)cc(F)c2)[nH]n1. The molecule has 0 saturated carbocycles. The summed E-state index contributed by atoms with van der Waals surface area (Å²) in [6.45, 7) is 11.2. The maximum absolute atomic E-state index is 13.7. The molecule has 7 nitrogen and oxygen atoms in total. The van der Waals surface area contributed by atoms with Gasteiger partial charge in [0.25, 0.3) is 5.91 Å². The number of aliphatic hydroxyl groups is 1. The molecule has 0 spiro atoms. The molecule has 0 radical (unpaired) electrons. The van der Waals surface area contributed by atoms with Crippen molar-refractivity contribution in [2.75, 3.05) is 5.32 Å². The first-order chi connectivity index (χ1) is 16.7. The molecule has 36 heavy (non-hydrogen) atoms. The van der Waals surface area contributed by atoms with Gasteiger partial charge in [-0.3, -0.25) is 14.7 Å². The first-order valence-corrected chi connectivity index (χ1v) is 11.6. The third-order valence-corrected chi connectivity index (χ3v) is 6.18. The van der Waals surface area contributed by atoms with E-state index >= 15 is 0 Å². The van der Waals surface area contributed by atoms with Crippen LogP contribution in [0.1, 0.15) is 70.0 Å². The van der Waals surface area contributed by atoms with Crippen LogP contribution >= 0.6 is 0 Å². The Bertz CT molecular complexity index is 1230. The molecule has 3 rings (SSSR count). The van der Waals surface area contributed by atoms with Gasteiger partial charge < -0.3 is 15.7 Å². The van der Waals surface area contributed by atoms with Crippen LogP contribution in [0.2, 0.25) is 0 Å². The number of amides is 2. The van der Waals surface area contributed by atoms with Crippen LogP contribution in [0.15, 0.2) is 48.5 Å². The summed E-state index contributed by atoms with van der Waals surface area (Å²) in [5.41, 5.74) is 1.51. The average molecular weight is 499 g/mol. The van der Waals surface area contributed by atoms with E-state index in [0.717, 1.165) is 11.6 Å². The van der Waals surface area contributed by atoms with Crippen LogP contribution in [0.25, 0.3) is 0 Å². The lowest BCUT2D eigenvalue weighted by atomic mass is 9.81. The number of aromatic nitrogens is 2. The van der Waals surface area contributed by atoms with Gasteiger partial charge in [0.2, 0.25) is 5.91 Å². The number of anilines is 1. The van der Waals surface area contributed by atoms with E-state index < -0.39 is 41.0 Å². The van der Waals surface area contributed by atoms with Crippen LogP contribution in [0, 0.1) is 11.6 Å². The van der Waals surface area contributed by atoms with Crippen molar-refractivity contribution < 1.29 is 23.5 Å². The van der Waals surface area contributed by atoms with Crippen LogP contribution in [-0.2, 0) is 20.4 Å². The highest BCUT2D eigenvalue weighted by Crippen LogP contribution is 2.32. The zero-order chi connectivity index (χ0) is 26.8. The van der Waals surface area contributed by atoms with E-state index in [1.54, 1.807) is 32.0 Å². The predicted octanol–water partition coefficient (Wildman–Crippen LogP) is 4.49. The van der Waals surface area contributed by atoms with Crippen molar-refractivity contribution in [1.29, 1.82) is 0 Å². The minimum absolute atomic E-state index is 0.0623. The molecule has 0 aliphatic rings. The van der Waals surface area contributed by atoms with Crippen LogP contribution in [0.5, 0.6) is 0 Å². The summed E-state index contributed by atoms with van der Waals surface area (Å²) in [7, 11) is 0. The van der Waals surface area contributed by atoms with Crippen molar-refractivity contribution >= 4 is 17.6 Å². The number of nitrogens with zero attached hydrogens (tertiary/aromatic N) is 1. The summed E-state index contributed by atoms with van der Waals surface area (Å²) in [6, 6.07) is 11.0. The van der Waals surface area contributed by atoms with E-state index in [4.69, 9.17) is 0 Å². The molecular formula is C27H32F2N4O3. The number of nitrogens with one attached hydrogen (secondary N) is 3. The number of hydrogen-bond donors (Lipinski definition) is 4. The number of rotatable bonds is 7. The van der Waals surface area contributed by atoms with Gasteiger partial charge in [0, 0.05) is 23.2 Å². The molecule has 3 aromatic rings. The molecular weight excluding hydrogens is 466 g/mol. The van der Waals surface area contributed by atoms with Crippen molar-refractivity contribution in [3.05, 3.63) is 82.5 Å². The maximum atomic E-state index is 13.7. The second-order valence-corrected chi connectivity index (χ2v) is 10.4. The number of halogens is 2. The minimum Gasteiger partial charge on any atom is -0.378 e. The fourth-order valence-electron chi connectivity index (χ4n) is 3.69. The van der Waals surface area contributed by atoms with Crippen molar-refractivity contribution in [3.8, 4) is 0 Å². The van der Waals surface area contributed by atoms with E-state index in [-0.39, 0.29) is 11.2 Å². The second-order valence-electron chi connectivity index (χ2n) is 10.4. The number of H-pyrrole nitrogens is 1. The summed E-state index contributed by atoms with van der Waals surface area (Å²) in [4.78, 5) is 25.1. The van der Waals surface area contributed by atoms with E-state index in [2.05, 4.69) is 41.6 Å². The van der Waals surface area contributed by atoms with Crippen LogP contribution in [-0.4, -0.2) is 33.2 Å². The highest BCUT2D eigenvalue weighted by Gasteiger charge is 2.28. The molecule has 192 valence electrons. The lowest BCUT2D eigenvalue weighted by Crippen LogP contribution is -2.43. The van der Waals surface area contributed by atoms with Gasteiger partial charge in [0.15, 0.2) is 11.9 Å². The molecule has 1 heterocycles. The summed E-state index contributed by atoms with van der Waals surface area (Å²) in [6.07, 6.45) is -1.43. The van der Waals surface area contributed by atoms with E-state index in [1.165, 1.54) is 19.1 Å². The molecule has 0 aliphatic heterocycles. The summed E-state index contributed by atoms with van der Waals surface area (Å²) < 4.78 is 27.4. The van der Waals surface area contributed by atoms with Crippen molar-refractivity contribution in [1.82, 2.24) is 15.5 Å². The first kappa shape index (κ1) is 27.0. The highest BCUT2D eigenvalue weighted by molar-refractivity contribution is 5.97. The number of aliphatic hydroxyl groups excluding tert-OH is 1. The molecule has 0 bridgehead atoms. The van der Waals surface area contributed by atoms with Crippen molar-refractivity contribution in [2.24, 2.45) is 0 Å². The Kier molecular flexibility index (Phi) is 7.64. The number of carbonyl (C=O) groups is 2. The Balaban J connectivity index is 1.63. The number of hydrogen-bond acceptors (Lipinski definition) is 4. The maximum Gasteiger partial charge on any atom is 0.254 e. The van der Waals surface area contributed by atoms with E-state index in [0.29, 0.717) is 16.8 Å². The topological polar surface area (TPSA) is 107 Å². The monoisotopic (exact) mass is 498 g/mol. The molecule has 9 heteroatoms. The Hall–Kier alpha value is -3.59. The van der Waals surface area contributed by atoms with Gasteiger partial charge in [-0.05, 0) is 41.2 Å². The molecule has 0 fully saturated rings. The molecule has 0 aliphatic carbocycles. The summed E-state index contributed by atoms with van der Waals surface area (Å²) in [5.74, 6) is -2.46. The number of carbonyl (C=O) groups excluding carboxylic acids is 2. The number of benzene rings is 2. The third kappa shape index (κ3) is 6.15. The smallest absolute Gasteiger partial charge is 0.254 e. The molecule has 2 unspecified atom stereocenters. The predicted molar refractivity (Wildman–Crippen MR) is 133 cm³/mol. The molecule has 2 amide bonds. The minimum atomic E-state index is -1.43. The zero-order valence-electron chi connectivity index (χ0n) is 21.2. The zero-order valence-corrected chi connectivity index (χ0v) is 21.2. The van der Waals surface area contributed by atoms with Crippen molar-refractivity contribution in [2.45, 2.75) is 64.5 Å². The van der Waals surface area contributed by atoms with Gasteiger partial charge in [-0.2, -0.15) is 5.10 Å². The first-order valence-electron chi connectivity index (χ1n) is 11.6. The van der Waals surface area contributed by atoms with E-state index in [1.807, 2.05) is 12.1 Å². The van der Waals surface area contributed by atoms with Gasteiger partial charge in [-0.15, -0.1) is 0 Å². The summed E-state index contributed by atoms with van der Waals surface area (Å²) >= 11 is 0. The molecule has 2 atom stereocenters. The van der Waals surface area contributed by atoms with Crippen LogP contribution < -0.4 is 10.6 Å². The molecule has 0 saturated heterocycles. The average Bonchev–Trinajstić information content (AvgIpc) is 3.26. The molecule has 4 N–H and O–H groups in total. The normalized spacial score (nSPS) is 13.7. The Morgan fingerprint density at radius 2 is 1.50 bits per heavy atom. The van der Waals surface area contributed by atoms with Crippen LogP contribution in [0.4, 0.5) is 14.6 Å². The number of aromatic amines is 1. The molecule has 2 aromatic carbocycles. The molecule has 1 aromatic heterocycles. The quantitative estimate of drug-likeness (QED) is 0.385. The van der Waals surface area contributed by atoms with Gasteiger partial charge >= 0.3 is 0 Å². The van der Waals surface area contributed by atoms with Gasteiger partial charge in [0.1, 0.15) is 17.7 Å². The second kappa shape index (κ2) is 10.2. The summed E-state index contributed by atoms with van der Waals surface area (Å²) in [5, 5.41) is 22.4. The lowest BCUT2D eigenvalue weighted by Gasteiger charge is -2.23. The standard InChI is InChI=1S/C27H32F2N4O3/c1-15(30-25(36)23(34)16-7-9-17(10-8-16)26(2,3)4)24(35)31-22-14-21(32-33-22)27(5,6)18-11-19(28)13-20(29)12-18/h7-15,23,34H,1-6H3,(H,30,36)(H2,31,32,33,35). The largest absolute Gasteiger partial charge is 0.378 e. The Morgan fingerprint density at radius 3 is 2.06 bits per heavy atom. The lowest BCUT2D eigenvalue weighted by molar-refractivity contribution is -0.132. The Morgan fingerprint density at radius 1 is 0.917 bits per heavy atom. The van der Waals surface area contributed by atoms with Gasteiger partial charge in [-0.1, -0.05) is 58.9 Å². The third-order valence-electron chi connectivity index (χ3n) is 6.18. The Labute approximate surface area is 209 Å². The van der Waals surface area contributed by atoms with E-state index in [9.17, 15) is 23.5 Å². The fourth-order valence-corrected chi connectivity index (χ4v) is 3.69. The van der Waals surface area contributed by atoms with Crippen LogP contribution in [0.3, 0.4) is 0 Å². The highest BCUT2D eigenvalue weighted by atomic mass is 19.1. The van der Waals surface area contributed by atoms with Gasteiger partial charge in [0.05, 0.1) is 0 Å². The van der Waals surface area contributed by atoms with Gasteiger partial charge in [-0.25, -0.2) is 8.78 Å².